The largest absolute Gasteiger partial charge is 0.472 e. The highest BCUT2D eigenvalue weighted by atomic mass is 31.2. The molecule has 0 aromatic carbocycles. The summed E-state index contributed by atoms with van der Waals surface area (Å²) in [6.45, 7) is 0.506. The molecule has 0 aliphatic heterocycles. The molecule has 0 spiro atoms. The van der Waals surface area contributed by atoms with Crippen LogP contribution in [-0.4, -0.2) is 103 Å². The fourth-order valence-electron chi connectivity index (χ4n) is 5.20. The average molecular weight is 849 g/mol. The number of esters is 2. The van der Waals surface area contributed by atoms with E-state index in [0.717, 1.165) is 32.1 Å². The number of terminal acetylenes is 1. The third kappa shape index (κ3) is 24.6. The number of rotatable bonds is 24. The predicted molar refractivity (Wildman–Crippen MR) is 208 cm³/mol. The van der Waals surface area contributed by atoms with Crippen molar-refractivity contribution in [2.45, 2.75) is 140 Å². The van der Waals surface area contributed by atoms with E-state index in [-0.39, 0.29) is 6.42 Å². The molecule has 1 rings (SSSR count). The van der Waals surface area contributed by atoms with Crippen LogP contribution in [0.25, 0.3) is 0 Å². The zero-order chi connectivity index (χ0) is 43.2. The molecule has 0 bridgehead atoms. The minimum absolute atomic E-state index is 0.0373. The van der Waals surface area contributed by atoms with Gasteiger partial charge in [0.05, 0.1) is 6.61 Å². The molecule has 0 radical (unpaired) electrons. The van der Waals surface area contributed by atoms with Crippen LogP contribution in [-0.2, 0) is 41.8 Å². The zero-order valence-electron chi connectivity index (χ0n) is 32.1. The molecular weight excluding hydrogens is 798 g/mol. The molecule has 1 aliphatic carbocycles. The number of phosphoric acid groups is 2. The van der Waals surface area contributed by atoms with Crippen LogP contribution >= 0.6 is 15.6 Å². The highest BCUT2D eigenvalue weighted by Crippen LogP contribution is 2.49. The molecule has 58 heavy (non-hydrogen) atoms. The molecule has 0 heterocycles. The summed E-state index contributed by atoms with van der Waals surface area (Å²) in [5.41, 5.74) is 0. The Hall–Kier alpha value is -4.08. The molecule has 16 nitrogen and oxygen atoms in total. The van der Waals surface area contributed by atoms with Gasteiger partial charge in [-0.25, -0.2) is 13.9 Å². The normalized spacial score (nSPS) is 20.9. The number of aliphatic hydroxyl groups is 4. The maximum Gasteiger partial charge on any atom is 0.472 e. The molecule has 1 aliphatic rings. The van der Waals surface area contributed by atoms with Gasteiger partial charge in [-0.3, -0.25) is 18.4 Å². The lowest BCUT2D eigenvalue weighted by Crippen LogP contribution is -2.64. The van der Waals surface area contributed by atoms with Crippen molar-refractivity contribution in [2.75, 3.05) is 13.2 Å². The van der Waals surface area contributed by atoms with Gasteiger partial charge in [0, 0.05) is 12.3 Å². The summed E-state index contributed by atoms with van der Waals surface area (Å²) in [7, 11) is -10.8. The van der Waals surface area contributed by atoms with Crippen LogP contribution in [0.3, 0.4) is 0 Å². The van der Waals surface area contributed by atoms with E-state index < -0.39 is 83.5 Å². The highest BCUT2D eigenvalue weighted by Gasteiger charge is 2.54. The molecule has 18 heteroatoms. The third-order valence-corrected chi connectivity index (χ3v) is 9.53. The summed E-state index contributed by atoms with van der Waals surface area (Å²) in [6.07, 6.45) is 3.80. The average Bonchev–Trinajstić information content (AvgIpc) is 3.17. The van der Waals surface area contributed by atoms with Crippen molar-refractivity contribution in [3.63, 3.8) is 0 Å². The summed E-state index contributed by atoms with van der Waals surface area (Å²) >= 11 is 0. The minimum atomic E-state index is -5.39. The van der Waals surface area contributed by atoms with Crippen molar-refractivity contribution in [3.8, 4) is 83.4 Å². The van der Waals surface area contributed by atoms with Crippen LogP contribution in [0.5, 0.6) is 0 Å². The Labute approximate surface area is 340 Å². The van der Waals surface area contributed by atoms with Gasteiger partial charge in [-0.2, -0.15) is 0 Å². The molecule has 0 aromatic rings. The standard InChI is InChI=1S/C40H50O16P2/c1-3-5-7-9-11-13-15-17-19-21-23-25-27-29-34(42)54-32(30-52-33(41)28-26-24-22-20-18-16-14-12-10-8-6-4-2)31-53-58(50,51)56-40-37(45)35(43)36(44)39(38(40)46)55-57(47,48)49/h2,32,35-40,43-46H,3,5,7,9,11,13,15,17,19,21,23,25,27,29-31H2,1H3,(H,50,51)(H2,47,48,49)/t32-,35?,36-,37+,38?,39-,40?/m1/s1. The van der Waals surface area contributed by atoms with Gasteiger partial charge in [0.1, 0.15) is 43.2 Å². The second kappa shape index (κ2) is 30.0. The number of hydrogen-bond donors (Lipinski definition) is 7. The molecule has 0 amide bonds. The van der Waals surface area contributed by atoms with E-state index in [1.807, 2.05) is 5.92 Å². The Morgan fingerprint density at radius 1 is 0.603 bits per heavy atom. The Morgan fingerprint density at radius 3 is 1.53 bits per heavy atom. The molecule has 7 N–H and O–H groups in total. The van der Waals surface area contributed by atoms with Gasteiger partial charge in [0.2, 0.25) is 0 Å². The lowest BCUT2D eigenvalue weighted by atomic mass is 9.85. The highest BCUT2D eigenvalue weighted by molar-refractivity contribution is 7.47. The van der Waals surface area contributed by atoms with Gasteiger partial charge in [-0.15, -0.1) is 6.42 Å². The Morgan fingerprint density at radius 2 is 1.05 bits per heavy atom. The van der Waals surface area contributed by atoms with Gasteiger partial charge in [-0.05, 0) is 77.5 Å². The van der Waals surface area contributed by atoms with Gasteiger partial charge < -0.3 is 44.6 Å². The number of carbonyl (C=O) groups is 2. The fourth-order valence-corrected chi connectivity index (χ4v) is 6.74. The quantitative estimate of drug-likeness (QED) is 0.0241. The third-order valence-electron chi connectivity index (χ3n) is 8.03. The van der Waals surface area contributed by atoms with E-state index in [1.165, 1.54) is 44.9 Å². The maximum absolute atomic E-state index is 12.9. The first-order valence-electron chi connectivity index (χ1n) is 18.6. The lowest BCUT2D eigenvalue weighted by Gasteiger charge is -2.43. The van der Waals surface area contributed by atoms with Crippen LogP contribution in [0.4, 0.5) is 0 Å². The van der Waals surface area contributed by atoms with Crippen LogP contribution < -0.4 is 0 Å². The number of carbonyl (C=O) groups excluding carboxylic acids is 2. The van der Waals surface area contributed by atoms with Crippen molar-refractivity contribution in [3.05, 3.63) is 0 Å². The summed E-state index contributed by atoms with van der Waals surface area (Å²) in [5, 5.41) is 40.9. The second-order valence-electron chi connectivity index (χ2n) is 12.7. The molecular formula is C40H50O16P2. The molecule has 8 atom stereocenters. The van der Waals surface area contributed by atoms with E-state index in [4.69, 9.17) is 34.7 Å². The number of phosphoric ester groups is 2. The van der Waals surface area contributed by atoms with Crippen LogP contribution in [0.15, 0.2) is 0 Å². The summed E-state index contributed by atoms with van der Waals surface area (Å²) in [4.78, 5) is 53.5. The van der Waals surface area contributed by atoms with Crippen molar-refractivity contribution >= 4 is 27.6 Å². The van der Waals surface area contributed by atoms with Crippen LogP contribution in [0.2, 0.25) is 0 Å². The first-order valence-corrected chi connectivity index (χ1v) is 21.6. The topological polar surface area (TPSA) is 256 Å². The summed E-state index contributed by atoms with van der Waals surface area (Å²) in [6, 6.07) is 0. The van der Waals surface area contributed by atoms with Crippen molar-refractivity contribution in [1.29, 1.82) is 0 Å². The first kappa shape index (κ1) is 51.9. The summed E-state index contributed by atoms with van der Waals surface area (Å²) in [5.74, 6) is 27.9. The number of ether oxygens (including phenoxy) is 2. The number of aliphatic hydroxyl groups excluding tert-OH is 4. The molecule has 1 saturated carbocycles. The van der Waals surface area contributed by atoms with E-state index >= 15 is 0 Å². The molecule has 1 fully saturated rings. The van der Waals surface area contributed by atoms with Gasteiger partial charge in [0.15, 0.2) is 6.10 Å². The zero-order valence-corrected chi connectivity index (χ0v) is 33.9. The van der Waals surface area contributed by atoms with Crippen LogP contribution in [0, 0.1) is 83.4 Å². The number of hydrogen-bond acceptors (Lipinski definition) is 13. The first-order chi connectivity index (χ1) is 27.6. The predicted octanol–water partition coefficient (Wildman–Crippen LogP) is 2.01. The molecule has 4 unspecified atom stereocenters. The van der Waals surface area contributed by atoms with E-state index in [0.29, 0.717) is 6.42 Å². The molecule has 0 saturated heterocycles. The fraction of sp³-hybridized carbons (Fsp3) is 0.600. The van der Waals surface area contributed by atoms with Gasteiger partial charge in [-0.1, -0.05) is 84.0 Å². The minimum Gasteiger partial charge on any atom is -0.456 e. The van der Waals surface area contributed by atoms with E-state index in [2.05, 4.69) is 82.5 Å². The van der Waals surface area contributed by atoms with Crippen molar-refractivity contribution in [2.24, 2.45) is 0 Å². The summed E-state index contributed by atoms with van der Waals surface area (Å²) < 4.78 is 48.4. The molecule has 0 aromatic heterocycles. The van der Waals surface area contributed by atoms with E-state index in [1.54, 1.807) is 0 Å². The lowest BCUT2D eigenvalue weighted by molar-refractivity contribution is -0.216. The Bertz CT molecular complexity index is 1830. The maximum atomic E-state index is 12.9. The van der Waals surface area contributed by atoms with Gasteiger partial charge >= 0.3 is 27.6 Å². The smallest absolute Gasteiger partial charge is 0.456 e. The van der Waals surface area contributed by atoms with Crippen LogP contribution in [0.1, 0.15) is 96.8 Å². The van der Waals surface area contributed by atoms with Gasteiger partial charge in [0.25, 0.3) is 0 Å². The monoisotopic (exact) mass is 848 g/mol. The van der Waals surface area contributed by atoms with Crippen molar-refractivity contribution in [1.82, 2.24) is 0 Å². The second-order valence-corrected chi connectivity index (χ2v) is 15.3. The van der Waals surface area contributed by atoms with E-state index in [9.17, 15) is 44.0 Å². The molecule has 316 valence electrons. The van der Waals surface area contributed by atoms with Crippen molar-refractivity contribution < 1.29 is 76.9 Å². The Kier molecular flexibility index (Phi) is 26.9. The Balaban J connectivity index is 2.83. The SMILES string of the molecule is C#CC#CC#CC#CC#CC#CC#CC(=O)OC[C@H](COP(=O)(O)OC1C(O)[C@H](OP(=O)(O)O)[C@H](O)C(O)[C@@H]1O)OC(=O)CCCCCCCCCCCCCCC. The number of unbranched alkanes of at least 4 members (excludes halogenated alkanes) is 12.